The molecular formula is C12H16N4O. The number of aromatic nitrogens is 4. The lowest BCUT2D eigenvalue weighted by molar-refractivity contribution is 0.192. The maximum absolute atomic E-state index is 5.42. The fourth-order valence-electron chi connectivity index (χ4n) is 2.27. The Bertz CT molecular complexity index is 457. The first-order valence-corrected chi connectivity index (χ1v) is 5.99. The van der Waals surface area contributed by atoms with E-state index in [9.17, 15) is 0 Å². The van der Waals surface area contributed by atoms with Gasteiger partial charge in [-0.05, 0) is 6.42 Å². The summed E-state index contributed by atoms with van der Waals surface area (Å²) in [6.07, 6.45) is 9.55. The molecule has 0 radical (unpaired) electrons. The van der Waals surface area contributed by atoms with Gasteiger partial charge in [0.25, 0.3) is 0 Å². The fraction of sp³-hybridized carbons (Fsp3) is 0.500. The van der Waals surface area contributed by atoms with Gasteiger partial charge < -0.3 is 14.3 Å². The molecule has 0 aliphatic carbocycles. The van der Waals surface area contributed by atoms with Crippen LogP contribution in [0.2, 0.25) is 0 Å². The van der Waals surface area contributed by atoms with Gasteiger partial charge in [-0.25, -0.2) is 9.97 Å². The zero-order valence-electron chi connectivity index (χ0n) is 9.67. The van der Waals surface area contributed by atoms with Crippen molar-refractivity contribution in [2.24, 2.45) is 0 Å². The largest absolute Gasteiger partial charge is 0.381 e. The third kappa shape index (κ3) is 2.24. The Morgan fingerprint density at radius 2 is 2.53 bits per heavy atom. The second-order valence-electron chi connectivity index (χ2n) is 4.37. The Labute approximate surface area is 99.9 Å². The summed E-state index contributed by atoms with van der Waals surface area (Å²) in [5.41, 5.74) is 1.16. The molecule has 1 aliphatic heterocycles. The standard InChI is InChI=1S/C12H16N4O/c1(11-7-13-9-15-11)4-16-5-3-14-12(16)10-2-6-17-8-10/h3,5,7,9-10H,1-2,4,6,8H2,(H,13,15)/t10-/m0/s1. The lowest BCUT2D eigenvalue weighted by atomic mass is 10.1. The molecule has 2 aromatic rings. The molecule has 2 aromatic heterocycles. The minimum absolute atomic E-state index is 0.465. The fourth-order valence-corrected chi connectivity index (χ4v) is 2.27. The van der Waals surface area contributed by atoms with Gasteiger partial charge in [-0.3, -0.25) is 0 Å². The molecule has 17 heavy (non-hydrogen) atoms. The molecule has 1 saturated heterocycles. The lowest BCUT2D eigenvalue weighted by Crippen LogP contribution is -2.10. The van der Waals surface area contributed by atoms with Crippen molar-refractivity contribution in [1.82, 2.24) is 19.5 Å². The van der Waals surface area contributed by atoms with Crippen LogP contribution in [0.1, 0.15) is 23.9 Å². The van der Waals surface area contributed by atoms with Gasteiger partial charge in [0, 0.05) is 49.8 Å². The topological polar surface area (TPSA) is 55.7 Å². The highest BCUT2D eigenvalue weighted by atomic mass is 16.5. The van der Waals surface area contributed by atoms with Crippen LogP contribution in [0.5, 0.6) is 0 Å². The predicted octanol–water partition coefficient (Wildman–Crippen LogP) is 1.35. The highest BCUT2D eigenvalue weighted by molar-refractivity contribution is 5.03. The summed E-state index contributed by atoms with van der Waals surface area (Å²) >= 11 is 0. The number of aryl methyl sites for hydroxylation is 2. The number of rotatable bonds is 4. The van der Waals surface area contributed by atoms with Crippen molar-refractivity contribution >= 4 is 0 Å². The van der Waals surface area contributed by atoms with E-state index in [0.29, 0.717) is 5.92 Å². The second-order valence-corrected chi connectivity index (χ2v) is 4.37. The summed E-state index contributed by atoms with van der Waals surface area (Å²) in [4.78, 5) is 11.6. The zero-order chi connectivity index (χ0) is 11.5. The van der Waals surface area contributed by atoms with Crippen LogP contribution in [0.25, 0.3) is 0 Å². The van der Waals surface area contributed by atoms with E-state index in [4.69, 9.17) is 4.74 Å². The molecule has 0 unspecified atom stereocenters. The molecule has 5 heteroatoms. The van der Waals surface area contributed by atoms with Crippen molar-refractivity contribution in [2.75, 3.05) is 13.2 Å². The van der Waals surface area contributed by atoms with Crippen molar-refractivity contribution in [3.8, 4) is 0 Å². The van der Waals surface area contributed by atoms with Crippen molar-refractivity contribution in [2.45, 2.75) is 25.3 Å². The van der Waals surface area contributed by atoms with E-state index in [2.05, 4.69) is 19.5 Å². The number of ether oxygens (including phenoxy) is 1. The molecule has 0 amide bonds. The predicted molar refractivity (Wildman–Crippen MR) is 62.7 cm³/mol. The van der Waals surface area contributed by atoms with E-state index >= 15 is 0 Å². The van der Waals surface area contributed by atoms with Crippen molar-refractivity contribution in [1.29, 1.82) is 0 Å². The number of nitrogens with one attached hydrogen (secondary N) is 1. The molecule has 0 spiro atoms. The quantitative estimate of drug-likeness (QED) is 0.865. The van der Waals surface area contributed by atoms with Gasteiger partial charge in [0.05, 0.1) is 12.9 Å². The molecule has 0 saturated carbocycles. The van der Waals surface area contributed by atoms with Crippen LogP contribution in [-0.4, -0.2) is 32.7 Å². The minimum atomic E-state index is 0.465. The van der Waals surface area contributed by atoms with Gasteiger partial charge in [-0.2, -0.15) is 0 Å². The van der Waals surface area contributed by atoms with Crippen LogP contribution in [0.15, 0.2) is 24.9 Å². The molecule has 0 aromatic carbocycles. The van der Waals surface area contributed by atoms with Gasteiger partial charge >= 0.3 is 0 Å². The first kappa shape index (κ1) is 10.5. The molecule has 5 nitrogen and oxygen atoms in total. The summed E-state index contributed by atoms with van der Waals surface area (Å²) in [6.45, 7) is 2.60. The third-order valence-electron chi connectivity index (χ3n) is 3.22. The van der Waals surface area contributed by atoms with E-state index in [1.54, 1.807) is 6.33 Å². The third-order valence-corrected chi connectivity index (χ3v) is 3.22. The van der Waals surface area contributed by atoms with Crippen molar-refractivity contribution in [3.63, 3.8) is 0 Å². The van der Waals surface area contributed by atoms with Gasteiger partial charge in [0.15, 0.2) is 0 Å². The van der Waals surface area contributed by atoms with E-state index in [0.717, 1.165) is 44.1 Å². The molecule has 3 rings (SSSR count). The van der Waals surface area contributed by atoms with E-state index in [-0.39, 0.29) is 0 Å². The minimum Gasteiger partial charge on any atom is -0.381 e. The summed E-state index contributed by atoms with van der Waals surface area (Å²) in [5.74, 6) is 1.62. The Kier molecular flexibility index (Phi) is 2.92. The second kappa shape index (κ2) is 4.71. The number of hydrogen-bond donors (Lipinski definition) is 1. The molecule has 1 aliphatic rings. The molecule has 3 heterocycles. The van der Waals surface area contributed by atoms with E-state index in [1.807, 2.05) is 18.6 Å². The van der Waals surface area contributed by atoms with Crippen LogP contribution in [-0.2, 0) is 17.7 Å². The Balaban J connectivity index is 1.68. The highest BCUT2D eigenvalue weighted by Gasteiger charge is 2.21. The Morgan fingerprint density at radius 1 is 1.53 bits per heavy atom. The van der Waals surface area contributed by atoms with Gasteiger partial charge in [0.2, 0.25) is 0 Å². The normalized spacial score (nSPS) is 19.9. The van der Waals surface area contributed by atoms with Crippen LogP contribution < -0.4 is 0 Å². The zero-order valence-corrected chi connectivity index (χ0v) is 9.67. The summed E-state index contributed by atoms with van der Waals surface area (Å²) < 4.78 is 7.64. The van der Waals surface area contributed by atoms with Crippen LogP contribution in [0, 0.1) is 0 Å². The first-order chi connectivity index (χ1) is 8.43. The Hall–Kier alpha value is -1.62. The molecular weight excluding hydrogens is 216 g/mol. The van der Waals surface area contributed by atoms with Crippen LogP contribution in [0.3, 0.4) is 0 Å². The van der Waals surface area contributed by atoms with Crippen molar-refractivity contribution in [3.05, 3.63) is 36.4 Å². The smallest absolute Gasteiger partial charge is 0.114 e. The first-order valence-electron chi connectivity index (χ1n) is 5.99. The lowest BCUT2D eigenvalue weighted by Gasteiger charge is -2.11. The highest BCUT2D eigenvalue weighted by Crippen LogP contribution is 2.23. The SMILES string of the molecule is c1cn(CCc2cnc[nH]2)c([C@H]2CCOC2)n1. The van der Waals surface area contributed by atoms with E-state index in [1.165, 1.54) is 0 Å². The molecule has 1 fully saturated rings. The summed E-state index contributed by atoms with van der Waals surface area (Å²) in [5, 5.41) is 0. The molecule has 0 bridgehead atoms. The monoisotopic (exact) mass is 232 g/mol. The van der Waals surface area contributed by atoms with Gasteiger partial charge in [0.1, 0.15) is 5.82 Å². The van der Waals surface area contributed by atoms with Crippen LogP contribution in [0.4, 0.5) is 0 Å². The number of imidazole rings is 2. The summed E-state index contributed by atoms with van der Waals surface area (Å²) in [7, 11) is 0. The maximum Gasteiger partial charge on any atom is 0.114 e. The number of hydrogen-bond acceptors (Lipinski definition) is 3. The number of aromatic amines is 1. The number of nitrogens with zero attached hydrogens (tertiary/aromatic N) is 3. The van der Waals surface area contributed by atoms with Gasteiger partial charge in [-0.15, -0.1) is 0 Å². The van der Waals surface area contributed by atoms with E-state index < -0.39 is 0 Å². The van der Waals surface area contributed by atoms with Crippen LogP contribution >= 0.6 is 0 Å². The Morgan fingerprint density at radius 3 is 3.29 bits per heavy atom. The molecule has 1 atom stereocenters. The number of H-pyrrole nitrogens is 1. The average molecular weight is 232 g/mol. The van der Waals surface area contributed by atoms with Gasteiger partial charge in [-0.1, -0.05) is 0 Å². The van der Waals surface area contributed by atoms with Crippen molar-refractivity contribution < 1.29 is 4.74 Å². The molecule has 90 valence electrons. The maximum atomic E-state index is 5.42. The summed E-state index contributed by atoms with van der Waals surface area (Å²) in [6, 6.07) is 0. The molecule has 1 N–H and O–H groups in total. The average Bonchev–Trinajstić information content (AvgIpc) is 3.09.